The molecule has 0 aliphatic rings. The van der Waals surface area contributed by atoms with E-state index in [-0.39, 0.29) is 5.12 Å². The molecule has 0 saturated heterocycles. The minimum atomic E-state index is 0.0810. The first-order chi connectivity index (χ1) is 6.86. The van der Waals surface area contributed by atoms with Crippen molar-refractivity contribution in [3.8, 4) is 0 Å². The molecule has 70 valence electrons. The third-order valence-corrected chi connectivity index (χ3v) is 3.23. The molecule has 0 aliphatic carbocycles. The van der Waals surface area contributed by atoms with Crippen LogP contribution in [0.4, 0.5) is 0 Å². The molecule has 0 atom stereocenters. The second-order valence-corrected chi connectivity index (χ2v) is 4.41. The van der Waals surface area contributed by atoms with Gasteiger partial charge < -0.3 is 0 Å². The molecule has 2 aromatic heterocycles. The van der Waals surface area contributed by atoms with E-state index in [0.29, 0.717) is 0 Å². The lowest BCUT2D eigenvalue weighted by Crippen LogP contribution is -1.89. The average Bonchev–Trinajstić information content (AvgIpc) is 2.72. The van der Waals surface area contributed by atoms with Crippen LogP contribution in [-0.4, -0.2) is 10.1 Å². The fourth-order valence-corrected chi connectivity index (χ4v) is 2.38. The van der Waals surface area contributed by atoms with Crippen LogP contribution in [0.15, 0.2) is 46.2 Å². The highest BCUT2D eigenvalue weighted by atomic mass is 32.2. The monoisotopic (exact) mass is 221 g/mol. The van der Waals surface area contributed by atoms with Gasteiger partial charge in [-0.3, -0.25) is 9.78 Å². The third kappa shape index (κ3) is 2.21. The predicted molar refractivity (Wildman–Crippen MR) is 58.7 cm³/mol. The molecule has 14 heavy (non-hydrogen) atoms. The van der Waals surface area contributed by atoms with Crippen molar-refractivity contribution in [3.63, 3.8) is 0 Å². The highest BCUT2D eigenvalue weighted by Gasteiger charge is 2.07. The fourth-order valence-electron chi connectivity index (χ4n) is 0.953. The zero-order valence-electron chi connectivity index (χ0n) is 7.21. The lowest BCUT2D eigenvalue weighted by atomic mass is 10.4. The van der Waals surface area contributed by atoms with Gasteiger partial charge in [-0.2, -0.15) is 11.3 Å². The maximum atomic E-state index is 11.6. The summed E-state index contributed by atoms with van der Waals surface area (Å²) in [4.78, 5) is 16.4. The molecule has 0 amide bonds. The Labute approximate surface area is 90.0 Å². The van der Waals surface area contributed by atoms with Crippen molar-refractivity contribution in [1.29, 1.82) is 0 Å². The van der Waals surface area contributed by atoms with Crippen LogP contribution in [0.3, 0.4) is 0 Å². The standard InChI is InChI=1S/C10H7NOS2/c12-10(8-3-6-13-7-8)14-9-1-4-11-5-2-9/h1-7H. The first kappa shape index (κ1) is 9.43. The number of carbonyl (C=O) groups excluding carboxylic acids is 1. The third-order valence-electron chi connectivity index (χ3n) is 1.62. The number of hydrogen-bond donors (Lipinski definition) is 0. The lowest BCUT2D eigenvalue weighted by Gasteiger charge is -1.96. The molecule has 2 aromatic rings. The summed E-state index contributed by atoms with van der Waals surface area (Å²) in [7, 11) is 0. The van der Waals surface area contributed by atoms with Gasteiger partial charge in [-0.05, 0) is 35.3 Å². The summed E-state index contributed by atoms with van der Waals surface area (Å²) in [6.45, 7) is 0. The van der Waals surface area contributed by atoms with E-state index in [1.807, 2.05) is 29.0 Å². The molecule has 0 unspecified atom stereocenters. The van der Waals surface area contributed by atoms with Crippen molar-refractivity contribution in [2.24, 2.45) is 0 Å². The Morgan fingerprint density at radius 1 is 1.29 bits per heavy atom. The summed E-state index contributed by atoms with van der Waals surface area (Å²) in [5, 5.41) is 3.84. The molecule has 0 spiro atoms. The summed E-state index contributed by atoms with van der Waals surface area (Å²) in [5.41, 5.74) is 0.761. The molecular formula is C10H7NOS2. The summed E-state index contributed by atoms with van der Waals surface area (Å²) in [5.74, 6) is 0. The maximum Gasteiger partial charge on any atom is 0.224 e. The largest absolute Gasteiger partial charge is 0.281 e. The van der Waals surface area contributed by atoms with Crippen molar-refractivity contribution >= 4 is 28.2 Å². The Kier molecular flexibility index (Phi) is 2.96. The number of pyridine rings is 1. The minimum absolute atomic E-state index is 0.0810. The molecule has 0 radical (unpaired) electrons. The smallest absolute Gasteiger partial charge is 0.224 e. The Morgan fingerprint density at radius 2 is 2.07 bits per heavy atom. The Balaban J connectivity index is 2.10. The number of thioether (sulfide) groups is 1. The van der Waals surface area contributed by atoms with Crippen molar-refractivity contribution < 1.29 is 4.79 Å². The lowest BCUT2D eigenvalue weighted by molar-refractivity contribution is 0.108. The Bertz CT molecular complexity index is 411. The molecule has 2 nitrogen and oxygen atoms in total. The van der Waals surface area contributed by atoms with Gasteiger partial charge in [0.15, 0.2) is 0 Å². The number of nitrogens with zero attached hydrogens (tertiary/aromatic N) is 1. The van der Waals surface area contributed by atoms with Crippen LogP contribution < -0.4 is 0 Å². The Hall–Kier alpha value is -1.13. The number of rotatable bonds is 2. The average molecular weight is 221 g/mol. The normalized spacial score (nSPS) is 10.0. The van der Waals surface area contributed by atoms with Gasteiger partial charge in [0.1, 0.15) is 0 Å². The van der Waals surface area contributed by atoms with E-state index in [1.165, 1.54) is 23.1 Å². The molecule has 0 bridgehead atoms. The molecule has 4 heteroatoms. The van der Waals surface area contributed by atoms with Crippen LogP contribution >= 0.6 is 23.1 Å². The van der Waals surface area contributed by atoms with Crippen molar-refractivity contribution in [2.45, 2.75) is 4.90 Å². The van der Waals surface area contributed by atoms with Crippen molar-refractivity contribution in [3.05, 3.63) is 46.9 Å². The van der Waals surface area contributed by atoms with Gasteiger partial charge in [-0.15, -0.1) is 0 Å². The molecule has 0 aromatic carbocycles. The van der Waals surface area contributed by atoms with E-state index >= 15 is 0 Å². The van der Waals surface area contributed by atoms with E-state index in [1.54, 1.807) is 12.4 Å². The number of aromatic nitrogens is 1. The van der Waals surface area contributed by atoms with E-state index in [4.69, 9.17) is 0 Å². The van der Waals surface area contributed by atoms with Crippen LogP contribution in [0, 0.1) is 0 Å². The van der Waals surface area contributed by atoms with Gasteiger partial charge in [-0.25, -0.2) is 0 Å². The molecular weight excluding hydrogens is 214 g/mol. The van der Waals surface area contributed by atoms with E-state index in [9.17, 15) is 4.79 Å². The summed E-state index contributed by atoms with van der Waals surface area (Å²) < 4.78 is 0. The predicted octanol–water partition coefficient (Wildman–Crippen LogP) is 3.08. The molecule has 0 N–H and O–H groups in total. The van der Waals surface area contributed by atoms with Crippen molar-refractivity contribution in [1.82, 2.24) is 4.98 Å². The van der Waals surface area contributed by atoms with Gasteiger partial charge >= 0.3 is 0 Å². The second-order valence-electron chi connectivity index (χ2n) is 2.58. The fraction of sp³-hybridized carbons (Fsp3) is 0. The van der Waals surface area contributed by atoms with E-state index in [2.05, 4.69) is 4.98 Å². The van der Waals surface area contributed by atoms with Gasteiger partial charge in [0.25, 0.3) is 0 Å². The SMILES string of the molecule is O=C(Sc1ccncc1)c1ccsc1. The quantitative estimate of drug-likeness (QED) is 0.730. The van der Waals surface area contributed by atoms with Crippen molar-refractivity contribution in [2.75, 3.05) is 0 Å². The first-order valence-electron chi connectivity index (χ1n) is 4.00. The molecule has 0 fully saturated rings. The highest BCUT2D eigenvalue weighted by Crippen LogP contribution is 2.22. The summed E-state index contributed by atoms with van der Waals surface area (Å²) >= 11 is 2.76. The zero-order valence-corrected chi connectivity index (χ0v) is 8.85. The molecule has 0 aliphatic heterocycles. The van der Waals surface area contributed by atoms with Gasteiger partial charge in [0, 0.05) is 28.2 Å². The molecule has 2 heterocycles. The van der Waals surface area contributed by atoms with Crippen LogP contribution in [0.2, 0.25) is 0 Å². The summed E-state index contributed by atoms with van der Waals surface area (Å²) in [6, 6.07) is 5.49. The van der Waals surface area contributed by atoms with Crippen LogP contribution in [0.5, 0.6) is 0 Å². The van der Waals surface area contributed by atoms with Crippen LogP contribution in [0.25, 0.3) is 0 Å². The highest BCUT2D eigenvalue weighted by molar-refractivity contribution is 8.14. The van der Waals surface area contributed by atoms with Gasteiger partial charge in [-0.1, -0.05) is 0 Å². The maximum absolute atomic E-state index is 11.6. The number of carbonyl (C=O) groups is 1. The zero-order chi connectivity index (χ0) is 9.80. The second kappa shape index (κ2) is 4.39. The van der Waals surface area contributed by atoms with Crippen LogP contribution in [0.1, 0.15) is 10.4 Å². The molecule has 0 saturated carbocycles. The van der Waals surface area contributed by atoms with Gasteiger partial charge in [0.05, 0.1) is 0 Å². The number of hydrogen-bond acceptors (Lipinski definition) is 4. The molecule has 2 rings (SSSR count). The first-order valence-corrected chi connectivity index (χ1v) is 5.76. The summed E-state index contributed by atoms with van der Waals surface area (Å²) in [6.07, 6.45) is 3.37. The number of thiophene rings is 1. The topological polar surface area (TPSA) is 30.0 Å². The van der Waals surface area contributed by atoms with E-state index < -0.39 is 0 Å². The minimum Gasteiger partial charge on any atom is -0.281 e. The van der Waals surface area contributed by atoms with Gasteiger partial charge in [0.2, 0.25) is 5.12 Å². The Morgan fingerprint density at radius 3 is 2.71 bits per heavy atom. The van der Waals surface area contributed by atoms with E-state index in [0.717, 1.165) is 10.5 Å². The van der Waals surface area contributed by atoms with Crippen LogP contribution in [-0.2, 0) is 0 Å².